The Morgan fingerprint density at radius 1 is 1.25 bits per heavy atom. The van der Waals surface area contributed by atoms with Crippen molar-refractivity contribution in [2.75, 3.05) is 37.9 Å². The molecule has 12 heteroatoms. The second-order valence-electron chi connectivity index (χ2n) is 9.61. The fourth-order valence-corrected chi connectivity index (χ4v) is 5.73. The highest BCUT2D eigenvalue weighted by Gasteiger charge is 2.31. The van der Waals surface area contributed by atoms with Crippen molar-refractivity contribution in [2.45, 2.75) is 32.7 Å². The summed E-state index contributed by atoms with van der Waals surface area (Å²) in [5, 5.41) is 10.9. The molecule has 0 aliphatic heterocycles. The molecule has 10 nitrogen and oxygen atoms in total. The van der Waals surface area contributed by atoms with Gasteiger partial charge < -0.3 is 15.4 Å². The molecule has 0 spiro atoms. The van der Waals surface area contributed by atoms with Crippen LogP contribution in [0.15, 0.2) is 42.7 Å². The molecule has 208 valence electrons. The summed E-state index contributed by atoms with van der Waals surface area (Å²) < 4.78 is 22.4. The Morgan fingerprint density at radius 2 is 2.08 bits per heavy atom. The number of anilines is 2. The summed E-state index contributed by atoms with van der Waals surface area (Å²) in [6.45, 7) is 4.31. The van der Waals surface area contributed by atoms with Gasteiger partial charge in [0, 0.05) is 49.8 Å². The van der Waals surface area contributed by atoms with Crippen molar-refractivity contribution < 1.29 is 18.7 Å². The van der Waals surface area contributed by atoms with E-state index in [9.17, 15) is 9.59 Å². The van der Waals surface area contributed by atoms with Gasteiger partial charge in [-0.25, -0.2) is 14.1 Å². The van der Waals surface area contributed by atoms with Crippen molar-refractivity contribution in [2.24, 2.45) is 0 Å². The van der Waals surface area contributed by atoms with Crippen LogP contribution in [0.2, 0.25) is 0 Å². The van der Waals surface area contributed by atoms with Crippen molar-refractivity contribution >= 4 is 34.0 Å². The van der Waals surface area contributed by atoms with E-state index in [-0.39, 0.29) is 17.5 Å². The molecule has 1 aliphatic rings. The Morgan fingerprint density at radius 3 is 2.77 bits per heavy atom. The fraction of sp³-hybridized carbons (Fsp3) is 0.321. The van der Waals surface area contributed by atoms with Crippen LogP contribution in [-0.4, -0.2) is 69.8 Å². The Bertz CT molecular complexity index is 1550. The number of nitrogens with zero attached hydrogens (tertiary/aromatic N) is 5. The summed E-state index contributed by atoms with van der Waals surface area (Å²) in [6.07, 6.45) is 4.75. The molecule has 4 aromatic rings. The van der Waals surface area contributed by atoms with E-state index in [0.29, 0.717) is 42.5 Å². The lowest BCUT2D eigenvalue weighted by molar-refractivity contribution is -0.120. The zero-order valence-corrected chi connectivity index (χ0v) is 23.5. The van der Waals surface area contributed by atoms with Gasteiger partial charge in [0.1, 0.15) is 5.69 Å². The van der Waals surface area contributed by atoms with Gasteiger partial charge in [0.2, 0.25) is 11.8 Å². The summed E-state index contributed by atoms with van der Waals surface area (Å²) in [7, 11) is 3.44. The molecule has 2 N–H and O–H groups in total. The van der Waals surface area contributed by atoms with E-state index in [0.717, 1.165) is 27.4 Å². The normalized spacial score (nSPS) is 13.1. The van der Waals surface area contributed by atoms with E-state index in [1.165, 1.54) is 24.3 Å². The second-order valence-corrected chi connectivity index (χ2v) is 10.6. The number of aromatic nitrogens is 4. The van der Waals surface area contributed by atoms with Gasteiger partial charge in [0.05, 0.1) is 34.6 Å². The smallest absolute Gasteiger partial charge is 0.241 e. The lowest BCUT2D eigenvalue weighted by Gasteiger charge is -2.23. The van der Waals surface area contributed by atoms with Crippen LogP contribution >= 0.6 is 11.3 Å². The molecular weight excluding hydrogens is 533 g/mol. The minimum Gasteiger partial charge on any atom is -0.383 e. The van der Waals surface area contributed by atoms with Gasteiger partial charge in [0.15, 0.2) is 10.9 Å². The van der Waals surface area contributed by atoms with Gasteiger partial charge in [-0.3, -0.25) is 19.5 Å². The van der Waals surface area contributed by atoms with Crippen molar-refractivity contribution in [3.05, 3.63) is 59.8 Å². The van der Waals surface area contributed by atoms with Gasteiger partial charge in [-0.2, -0.15) is 5.10 Å². The number of hydrogen-bond donors (Lipinski definition) is 2. The maximum Gasteiger partial charge on any atom is 0.241 e. The summed E-state index contributed by atoms with van der Waals surface area (Å²) in [5.41, 5.74) is 4.64. The number of carbonyl (C=O) groups excluding carboxylic acids is 2. The van der Waals surface area contributed by atoms with E-state index in [2.05, 4.69) is 20.6 Å². The molecule has 1 aliphatic carbocycles. The maximum absolute atomic E-state index is 15.7. The SMILES string of the molecule is COCCN(C)C(C)C(=O)Nc1ccc(-n2nc(-c3cccnc3)c3c2-c2sc(NC(C)=O)nc2CC3)c(F)c1. The van der Waals surface area contributed by atoms with Gasteiger partial charge in [-0.1, -0.05) is 11.3 Å². The highest BCUT2D eigenvalue weighted by atomic mass is 32.1. The number of halogens is 1. The van der Waals surface area contributed by atoms with Crippen LogP contribution in [-0.2, 0) is 27.2 Å². The molecule has 40 heavy (non-hydrogen) atoms. The number of likely N-dealkylation sites (N-methyl/N-ethyl adjacent to an activating group) is 1. The Hall–Kier alpha value is -4.00. The number of carbonyl (C=O) groups is 2. The van der Waals surface area contributed by atoms with Crippen molar-refractivity contribution in [1.82, 2.24) is 24.6 Å². The molecule has 0 radical (unpaired) electrons. The molecule has 5 rings (SSSR count). The molecule has 1 aromatic carbocycles. The molecule has 1 unspecified atom stereocenters. The first-order valence-electron chi connectivity index (χ1n) is 12.9. The summed E-state index contributed by atoms with van der Waals surface area (Å²) in [5.74, 6) is -1.00. The van der Waals surface area contributed by atoms with Crippen LogP contribution < -0.4 is 10.6 Å². The second kappa shape index (κ2) is 11.6. The van der Waals surface area contributed by atoms with Crippen LogP contribution in [0.4, 0.5) is 15.2 Å². The first-order valence-corrected chi connectivity index (χ1v) is 13.7. The number of pyridine rings is 1. The highest BCUT2D eigenvalue weighted by Crippen LogP contribution is 2.44. The van der Waals surface area contributed by atoms with E-state index < -0.39 is 11.9 Å². The lowest BCUT2D eigenvalue weighted by atomic mass is 9.95. The Balaban J connectivity index is 1.52. The number of aryl methyl sites for hydroxylation is 1. The number of thiazole rings is 1. The van der Waals surface area contributed by atoms with Gasteiger partial charge in [0.25, 0.3) is 0 Å². The summed E-state index contributed by atoms with van der Waals surface area (Å²) in [6, 6.07) is 7.89. The van der Waals surface area contributed by atoms with Crippen molar-refractivity contribution in [3.63, 3.8) is 0 Å². The predicted octanol–water partition coefficient (Wildman–Crippen LogP) is 4.16. The average molecular weight is 564 g/mol. The zero-order valence-electron chi connectivity index (χ0n) is 22.7. The Kier molecular flexibility index (Phi) is 8.01. The van der Waals surface area contributed by atoms with Gasteiger partial charge in [-0.15, -0.1) is 0 Å². The number of methoxy groups -OCH3 is 1. The molecule has 0 saturated carbocycles. The van der Waals surface area contributed by atoms with E-state index in [4.69, 9.17) is 9.84 Å². The fourth-order valence-electron chi connectivity index (χ4n) is 4.62. The van der Waals surface area contributed by atoms with Crippen LogP contribution in [0, 0.1) is 5.82 Å². The van der Waals surface area contributed by atoms with Gasteiger partial charge in [-0.05, 0) is 57.1 Å². The van der Waals surface area contributed by atoms with Crippen LogP contribution in [0.3, 0.4) is 0 Å². The summed E-state index contributed by atoms with van der Waals surface area (Å²) >= 11 is 1.34. The lowest BCUT2D eigenvalue weighted by Crippen LogP contribution is -2.41. The van der Waals surface area contributed by atoms with Crippen molar-refractivity contribution in [3.8, 4) is 27.5 Å². The van der Waals surface area contributed by atoms with Crippen molar-refractivity contribution in [1.29, 1.82) is 0 Å². The largest absolute Gasteiger partial charge is 0.383 e. The van der Waals surface area contributed by atoms with Gasteiger partial charge >= 0.3 is 0 Å². The first kappa shape index (κ1) is 27.6. The number of amides is 2. The third-order valence-corrected chi connectivity index (χ3v) is 7.88. The van der Waals surface area contributed by atoms with Crippen LogP contribution in [0.5, 0.6) is 0 Å². The number of hydrogen-bond acceptors (Lipinski definition) is 8. The number of nitrogens with one attached hydrogen (secondary N) is 2. The molecule has 0 bridgehead atoms. The van der Waals surface area contributed by atoms with E-state index in [1.807, 2.05) is 24.1 Å². The summed E-state index contributed by atoms with van der Waals surface area (Å²) in [4.78, 5) is 36.0. The minimum absolute atomic E-state index is 0.209. The Labute approximate surface area is 235 Å². The molecule has 1 atom stereocenters. The third kappa shape index (κ3) is 5.51. The van der Waals surface area contributed by atoms with Crippen LogP contribution in [0.25, 0.3) is 27.5 Å². The molecule has 0 fully saturated rings. The number of fused-ring (bicyclic) bond motifs is 3. The maximum atomic E-state index is 15.7. The first-order chi connectivity index (χ1) is 19.3. The molecule has 3 aromatic heterocycles. The van der Waals surface area contributed by atoms with E-state index in [1.54, 1.807) is 43.2 Å². The predicted molar refractivity (Wildman–Crippen MR) is 152 cm³/mol. The number of ether oxygens (including phenoxy) is 1. The highest BCUT2D eigenvalue weighted by molar-refractivity contribution is 7.19. The van der Waals surface area contributed by atoms with E-state index >= 15 is 4.39 Å². The third-order valence-electron chi connectivity index (χ3n) is 6.86. The topological polar surface area (TPSA) is 114 Å². The van der Waals surface area contributed by atoms with Crippen LogP contribution in [0.1, 0.15) is 25.1 Å². The molecule has 0 saturated heterocycles. The standard InChI is InChI=1S/C28H30FN7O3S/c1-16(35(3)12-13-39-4)27(38)32-19-7-10-23(21(29)14-19)36-25-20(24(34-36)18-6-5-11-30-15-18)8-9-22-26(25)40-28(33-22)31-17(2)37/h5-7,10-11,14-16H,8-9,12-13H2,1-4H3,(H,32,38)(H,31,33,37). The number of benzene rings is 1. The molecule has 3 heterocycles. The minimum atomic E-state index is -0.542. The molecular formula is C28H30FN7O3S. The molecule has 2 amide bonds. The average Bonchev–Trinajstić information content (AvgIpc) is 3.52. The monoisotopic (exact) mass is 563 g/mol. The quantitative estimate of drug-likeness (QED) is 0.314. The number of rotatable bonds is 9. The zero-order chi connectivity index (χ0) is 28.4.